The zero-order valence-electron chi connectivity index (χ0n) is 7.09. The van der Waals surface area contributed by atoms with E-state index in [-0.39, 0.29) is 6.61 Å². The molecule has 0 aliphatic heterocycles. The topological polar surface area (TPSA) is 58.3 Å². The maximum absolute atomic E-state index is 8.50. The summed E-state index contributed by atoms with van der Waals surface area (Å²) in [5.41, 5.74) is 7.31. The Balaban J connectivity index is 3.62. The lowest BCUT2D eigenvalue weighted by Gasteiger charge is -2.05. The Bertz CT molecular complexity index is 161. The fraction of sp³-hybridized carbons (Fsp3) is 0.500. The summed E-state index contributed by atoms with van der Waals surface area (Å²) in [6.45, 7) is 4.66. The van der Waals surface area contributed by atoms with E-state index in [0.29, 0.717) is 0 Å². The molecule has 0 aromatic heterocycles. The molecule has 4 N–H and O–H groups in total. The van der Waals surface area contributed by atoms with Crippen LogP contribution < -0.4 is 11.1 Å². The van der Waals surface area contributed by atoms with Crippen LogP contribution in [0.25, 0.3) is 0 Å². The summed E-state index contributed by atoms with van der Waals surface area (Å²) in [4.78, 5) is 0. The molecule has 0 saturated heterocycles. The van der Waals surface area contributed by atoms with Gasteiger partial charge in [-0.25, -0.2) is 0 Å². The number of aliphatic hydroxyl groups excluding tert-OH is 1. The zero-order valence-corrected chi connectivity index (χ0v) is 7.09. The molecule has 0 aromatic rings. The molecule has 0 aromatic carbocycles. The molecule has 0 spiro atoms. The van der Waals surface area contributed by atoms with Crippen LogP contribution in [0.4, 0.5) is 0 Å². The van der Waals surface area contributed by atoms with Gasteiger partial charge in [0.05, 0.1) is 6.61 Å². The molecule has 64 valence electrons. The van der Waals surface area contributed by atoms with Crippen LogP contribution in [0.15, 0.2) is 23.5 Å². The summed E-state index contributed by atoms with van der Waals surface area (Å²) in [5, 5.41) is 11.6. The third-order valence-corrected chi connectivity index (χ3v) is 1.33. The van der Waals surface area contributed by atoms with Crippen molar-refractivity contribution in [2.75, 3.05) is 13.2 Å². The SMILES string of the molecule is C/C(=C/N)CN/C(C)=C\CO. The summed E-state index contributed by atoms with van der Waals surface area (Å²) < 4.78 is 0. The maximum atomic E-state index is 8.50. The van der Waals surface area contributed by atoms with Gasteiger partial charge in [0.2, 0.25) is 0 Å². The molecule has 3 nitrogen and oxygen atoms in total. The van der Waals surface area contributed by atoms with Crippen molar-refractivity contribution in [1.29, 1.82) is 0 Å². The largest absolute Gasteiger partial charge is 0.405 e. The Hall–Kier alpha value is -0.960. The quantitative estimate of drug-likeness (QED) is 0.550. The molecule has 0 atom stereocenters. The third-order valence-electron chi connectivity index (χ3n) is 1.33. The first-order chi connectivity index (χ1) is 5.20. The van der Waals surface area contributed by atoms with Gasteiger partial charge in [-0.1, -0.05) is 0 Å². The van der Waals surface area contributed by atoms with Crippen LogP contribution in [0.1, 0.15) is 13.8 Å². The second kappa shape index (κ2) is 5.80. The number of nitrogens with one attached hydrogen (secondary N) is 1. The minimum absolute atomic E-state index is 0.0736. The standard InChI is InChI=1S/C8H16N2O/c1-7(5-9)6-10-8(2)3-4-11/h3,5,10-11H,4,6,9H2,1-2H3/b7-5-,8-3-. The summed E-state index contributed by atoms with van der Waals surface area (Å²) >= 11 is 0. The molecule has 0 fully saturated rings. The molecular formula is C8H16N2O. The van der Waals surface area contributed by atoms with Crippen molar-refractivity contribution in [3.8, 4) is 0 Å². The van der Waals surface area contributed by atoms with Crippen molar-refractivity contribution < 1.29 is 5.11 Å². The predicted octanol–water partition coefficient (Wildman–Crippen LogP) is 0.335. The molecule has 0 unspecified atom stereocenters. The van der Waals surface area contributed by atoms with E-state index < -0.39 is 0 Å². The van der Waals surface area contributed by atoms with E-state index in [1.165, 1.54) is 0 Å². The lowest BCUT2D eigenvalue weighted by atomic mass is 10.3. The molecule has 0 rings (SSSR count). The second-order valence-corrected chi connectivity index (χ2v) is 2.44. The number of rotatable bonds is 4. The van der Waals surface area contributed by atoms with Gasteiger partial charge in [-0.3, -0.25) is 0 Å². The maximum Gasteiger partial charge on any atom is 0.0631 e. The van der Waals surface area contributed by atoms with E-state index in [4.69, 9.17) is 10.8 Å². The highest BCUT2D eigenvalue weighted by atomic mass is 16.2. The normalized spacial score (nSPS) is 13.4. The second-order valence-electron chi connectivity index (χ2n) is 2.44. The average molecular weight is 156 g/mol. The van der Waals surface area contributed by atoms with Crippen LogP contribution in [0.2, 0.25) is 0 Å². The minimum Gasteiger partial charge on any atom is -0.405 e. The van der Waals surface area contributed by atoms with Crippen LogP contribution in [-0.4, -0.2) is 18.3 Å². The summed E-state index contributed by atoms with van der Waals surface area (Å²) in [7, 11) is 0. The molecular weight excluding hydrogens is 140 g/mol. The number of allylic oxidation sites excluding steroid dienone is 1. The highest BCUT2D eigenvalue weighted by Crippen LogP contribution is 1.89. The molecule has 0 aliphatic rings. The van der Waals surface area contributed by atoms with E-state index in [1.54, 1.807) is 12.3 Å². The molecule has 0 radical (unpaired) electrons. The van der Waals surface area contributed by atoms with Gasteiger partial charge in [0.15, 0.2) is 0 Å². The minimum atomic E-state index is 0.0736. The van der Waals surface area contributed by atoms with Crippen molar-refractivity contribution >= 4 is 0 Å². The predicted molar refractivity (Wildman–Crippen MR) is 46.8 cm³/mol. The Kier molecular flexibility index (Phi) is 5.29. The van der Waals surface area contributed by atoms with E-state index >= 15 is 0 Å². The van der Waals surface area contributed by atoms with Crippen LogP contribution >= 0.6 is 0 Å². The summed E-state index contributed by atoms with van der Waals surface area (Å²) in [6.07, 6.45) is 3.28. The Labute approximate surface area is 67.6 Å². The molecule has 11 heavy (non-hydrogen) atoms. The first-order valence-corrected chi connectivity index (χ1v) is 3.59. The van der Waals surface area contributed by atoms with E-state index in [9.17, 15) is 0 Å². The highest BCUT2D eigenvalue weighted by Gasteiger charge is 1.87. The smallest absolute Gasteiger partial charge is 0.0631 e. The fourth-order valence-corrected chi connectivity index (χ4v) is 0.547. The summed E-state index contributed by atoms with van der Waals surface area (Å²) in [5.74, 6) is 0. The van der Waals surface area contributed by atoms with Crippen LogP contribution in [0.5, 0.6) is 0 Å². The van der Waals surface area contributed by atoms with Gasteiger partial charge in [0, 0.05) is 12.2 Å². The third kappa shape index (κ3) is 5.48. The molecule has 0 heterocycles. The van der Waals surface area contributed by atoms with E-state index in [1.807, 2.05) is 13.8 Å². The van der Waals surface area contributed by atoms with Crippen LogP contribution in [-0.2, 0) is 0 Å². The Morgan fingerprint density at radius 2 is 2.18 bits per heavy atom. The monoisotopic (exact) mass is 156 g/mol. The van der Waals surface area contributed by atoms with E-state index in [0.717, 1.165) is 17.8 Å². The van der Waals surface area contributed by atoms with Crippen molar-refractivity contribution in [2.45, 2.75) is 13.8 Å². The number of nitrogens with two attached hydrogens (primary N) is 1. The Morgan fingerprint density at radius 1 is 1.55 bits per heavy atom. The molecule has 0 bridgehead atoms. The van der Waals surface area contributed by atoms with Crippen molar-refractivity contribution in [1.82, 2.24) is 5.32 Å². The van der Waals surface area contributed by atoms with Crippen LogP contribution in [0, 0.1) is 0 Å². The van der Waals surface area contributed by atoms with Gasteiger partial charge in [-0.2, -0.15) is 0 Å². The molecule has 0 amide bonds. The lowest BCUT2D eigenvalue weighted by molar-refractivity contribution is 0.341. The van der Waals surface area contributed by atoms with Gasteiger partial charge >= 0.3 is 0 Å². The lowest BCUT2D eigenvalue weighted by Crippen LogP contribution is -2.14. The van der Waals surface area contributed by atoms with Gasteiger partial charge in [-0.15, -0.1) is 0 Å². The molecule has 3 heteroatoms. The van der Waals surface area contributed by atoms with Crippen LogP contribution in [0.3, 0.4) is 0 Å². The van der Waals surface area contributed by atoms with Gasteiger partial charge < -0.3 is 16.2 Å². The average Bonchev–Trinajstić information content (AvgIpc) is 2.01. The summed E-state index contributed by atoms with van der Waals surface area (Å²) in [6, 6.07) is 0. The fourth-order valence-electron chi connectivity index (χ4n) is 0.547. The first kappa shape index (κ1) is 10.0. The van der Waals surface area contributed by atoms with Gasteiger partial charge in [-0.05, 0) is 31.7 Å². The number of hydrogen-bond acceptors (Lipinski definition) is 3. The van der Waals surface area contributed by atoms with Crippen molar-refractivity contribution in [3.05, 3.63) is 23.5 Å². The number of aliphatic hydroxyl groups is 1. The van der Waals surface area contributed by atoms with E-state index in [2.05, 4.69) is 5.32 Å². The molecule has 0 saturated carbocycles. The molecule has 0 aliphatic carbocycles. The number of hydrogen-bond donors (Lipinski definition) is 3. The van der Waals surface area contributed by atoms with Crippen molar-refractivity contribution in [2.24, 2.45) is 5.73 Å². The zero-order chi connectivity index (χ0) is 8.69. The van der Waals surface area contributed by atoms with Gasteiger partial charge in [0.1, 0.15) is 0 Å². The highest BCUT2D eigenvalue weighted by molar-refractivity contribution is 5.03. The first-order valence-electron chi connectivity index (χ1n) is 3.59. The van der Waals surface area contributed by atoms with Crippen molar-refractivity contribution in [3.63, 3.8) is 0 Å². The van der Waals surface area contributed by atoms with Gasteiger partial charge in [0.25, 0.3) is 0 Å². The Morgan fingerprint density at radius 3 is 2.64 bits per heavy atom.